The van der Waals surface area contributed by atoms with Gasteiger partial charge in [0.2, 0.25) is 0 Å². The minimum absolute atomic E-state index is 0.0305. The van der Waals surface area contributed by atoms with E-state index in [-0.39, 0.29) is 26.6 Å². The highest BCUT2D eigenvalue weighted by atomic mass is 35.5. The maximum Gasteiger partial charge on any atom is 0.264 e. The summed E-state index contributed by atoms with van der Waals surface area (Å²) in [5.74, 6) is 0.0305. The minimum atomic E-state index is -3.89. The molecule has 0 spiro atoms. The van der Waals surface area contributed by atoms with E-state index in [2.05, 4.69) is 14.9 Å². The van der Waals surface area contributed by atoms with Crippen molar-refractivity contribution in [2.75, 3.05) is 10.5 Å². The maximum absolute atomic E-state index is 12.1. The van der Waals surface area contributed by atoms with Gasteiger partial charge in [-0.25, -0.2) is 8.42 Å². The number of hydrogen-bond donors (Lipinski definition) is 2. The molecule has 0 atom stereocenters. The predicted octanol–water partition coefficient (Wildman–Crippen LogP) is 2.17. The van der Waals surface area contributed by atoms with E-state index >= 15 is 0 Å². The number of aromatic nitrogens is 2. The van der Waals surface area contributed by atoms with Gasteiger partial charge in [0.1, 0.15) is 4.90 Å². The molecule has 0 saturated heterocycles. The van der Waals surface area contributed by atoms with Crippen molar-refractivity contribution in [2.24, 2.45) is 0 Å². The second-order valence-corrected chi connectivity index (χ2v) is 5.98. The summed E-state index contributed by atoms with van der Waals surface area (Å²) in [6.07, 6.45) is 0. The van der Waals surface area contributed by atoms with Crippen molar-refractivity contribution in [2.45, 2.75) is 4.90 Å². The lowest BCUT2D eigenvalue weighted by Gasteiger charge is -2.08. The van der Waals surface area contributed by atoms with Gasteiger partial charge in [-0.1, -0.05) is 23.2 Å². The summed E-state index contributed by atoms with van der Waals surface area (Å²) in [7, 11) is -3.89. The number of benzene rings is 1. The zero-order valence-corrected chi connectivity index (χ0v) is 11.7. The largest absolute Gasteiger partial charge is 0.399 e. The molecule has 3 N–H and O–H groups in total. The molecule has 0 bridgehead atoms. The maximum atomic E-state index is 12.1. The van der Waals surface area contributed by atoms with Gasteiger partial charge in [0.05, 0.1) is 5.02 Å². The summed E-state index contributed by atoms with van der Waals surface area (Å²) >= 11 is 11.4. The molecule has 0 aliphatic heterocycles. The molecule has 1 heterocycles. The van der Waals surface area contributed by atoms with Gasteiger partial charge in [-0.3, -0.25) is 4.72 Å². The van der Waals surface area contributed by atoms with E-state index in [9.17, 15) is 8.42 Å². The van der Waals surface area contributed by atoms with Crippen LogP contribution < -0.4 is 10.5 Å². The zero-order valence-electron chi connectivity index (χ0n) is 9.34. The van der Waals surface area contributed by atoms with E-state index in [1.165, 1.54) is 30.3 Å². The lowest BCUT2D eigenvalue weighted by molar-refractivity contribution is 0.601. The van der Waals surface area contributed by atoms with Crippen molar-refractivity contribution in [3.63, 3.8) is 0 Å². The molecule has 9 heteroatoms. The fraction of sp³-hybridized carbons (Fsp3) is 0. The minimum Gasteiger partial charge on any atom is -0.399 e. The standard InChI is InChI=1S/C10H8Cl2N4O2S/c11-7-2-1-6(13)5-8(7)19(17,18)16-10-4-3-9(12)14-15-10/h1-5H,13H2,(H,15,16). The van der Waals surface area contributed by atoms with Crippen LogP contribution in [0.5, 0.6) is 0 Å². The molecule has 2 rings (SSSR count). The second-order valence-electron chi connectivity index (χ2n) is 3.54. The summed E-state index contributed by atoms with van der Waals surface area (Å²) in [6, 6.07) is 6.96. The van der Waals surface area contributed by atoms with Crippen molar-refractivity contribution in [3.05, 3.63) is 40.5 Å². The van der Waals surface area contributed by atoms with Crippen LogP contribution in [-0.2, 0) is 10.0 Å². The SMILES string of the molecule is Nc1ccc(Cl)c(S(=O)(=O)Nc2ccc(Cl)nn2)c1. The number of nitrogens with one attached hydrogen (secondary N) is 1. The second kappa shape index (κ2) is 5.20. The third kappa shape index (κ3) is 3.25. The third-order valence-corrected chi connectivity index (χ3v) is 4.15. The number of hydrogen-bond acceptors (Lipinski definition) is 5. The molecule has 1 aromatic heterocycles. The molecule has 0 unspecified atom stereocenters. The van der Waals surface area contributed by atoms with Crippen molar-refractivity contribution in [1.82, 2.24) is 10.2 Å². The van der Waals surface area contributed by atoms with Gasteiger partial charge in [0.25, 0.3) is 10.0 Å². The Morgan fingerprint density at radius 1 is 1.11 bits per heavy atom. The number of nitrogen functional groups attached to an aromatic ring is 1. The van der Waals surface area contributed by atoms with Crippen molar-refractivity contribution in [3.8, 4) is 0 Å². The molecule has 100 valence electrons. The molecule has 0 amide bonds. The average Bonchev–Trinajstić information content (AvgIpc) is 2.35. The Morgan fingerprint density at radius 3 is 2.47 bits per heavy atom. The summed E-state index contributed by atoms with van der Waals surface area (Å²) in [4.78, 5) is -0.133. The first-order chi connectivity index (χ1) is 8.88. The normalized spacial score (nSPS) is 11.3. The summed E-state index contributed by atoms with van der Waals surface area (Å²) in [6.45, 7) is 0. The van der Waals surface area contributed by atoms with Gasteiger partial charge in [-0.15, -0.1) is 10.2 Å². The average molecular weight is 319 g/mol. The topological polar surface area (TPSA) is 98.0 Å². The Kier molecular flexibility index (Phi) is 3.79. The van der Waals surface area contributed by atoms with Crippen LogP contribution in [-0.4, -0.2) is 18.6 Å². The molecule has 1 aromatic carbocycles. The van der Waals surface area contributed by atoms with Gasteiger partial charge in [0, 0.05) is 5.69 Å². The van der Waals surface area contributed by atoms with E-state index < -0.39 is 10.0 Å². The van der Waals surface area contributed by atoms with Crippen LogP contribution in [0.2, 0.25) is 10.2 Å². The smallest absolute Gasteiger partial charge is 0.264 e. The highest BCUT2D eigenvalue weighted by Crippen LogP contribution is 2.25. The molecule has 0 saturated carbocycles. The summed E-state index contributed by atoms with van der Waals surface area (Å²) < 4.78 is 26.4. The molecule has 0 aliphatic rings. The van der Waals surface area contributed by atoms with E-state index in [1.54, 1.807) is 0 Å². The molecule has 0 fully saturated rings. The van der Waals surface area contributed by atoms with Crippen LogP contribution in [0.15, 0.2) is 35.2 Å². The highest BCUT2D eigenvalue weighted by molar-refractivity contribution is 7.92. The van der Waals surface area contributed by atoms with Crippen molar-refractivity contribution < 1.29 is 8.42 Å². The highest BCUT2D eigenvalue weighted by Gasteiger charge is 2.19. The van der Waals surface area contributed by atoms with Crippen LogP contribution in [0.25, 0.3) is 0 Å². The molecule has 2 aromatic rings. The number of nitrogens with zero attached hydrogens (tertiary/aromatic N) is 2. The molecular weight excluding hydrogens is 311 g/mol. The lowest BCUT2D eigenvalue weighted by atomic mass is 10.3. The Hall–Kier alpha value is -1.57. The Bertz CT molecular complexity index is 704. The summed E-state index contributed by atoms with van der Waals surface area (Å²) in [5.41, 5.74) is 5.83. The first kappa shape index (κ1) is 13.9. The van der Waals surface area contributed by atoms with Crippen LogP contribution >= 0.6 is 23.2 Å². The van der Waals surface area contributed by atoms with Crippen LogP contribution in [0.3, 0.4) is 0 Å². The van der Waals surface area contributed by atoms with E-state index in [4.69, 9.17) is 28.9 Å². The van der Waals surface area contributed by atoms with Gasteiger partial charge < -0.3 is 5.73 Å². The lowest BCUT2D eigenvalue weighted by Crippen LogP contribution is -2.15. The number of sulfonamides is 1. The Labute approximate surface area is 119 Å². The van der Waals surface area contributed by atoms with Gasteiger partial charge in [-0.2, -0.15) is 0 Å². The first-order valence-electron chi connectivity index (χ1n) is 4.95. The van der Waals surface area contributed by atoms with Gasteiger partial charge in [-0.05, 0) is 30.3 Å². The third-order valence-electron chi connectivity index (χ3n) is 2.12. The van der Waals surface area contributed by atoms with Crippen LogP contribution in [0.4, 0.5) is 11.5 Å². The van der Waals surface area contributed by atoms with Gasteiger partial charge in [0.15, 0.2) is 11.0 Å². The van der Waals surface area contributed by atoms with Gasteiger partial charge >= 0.3 is 0 Å². The van der Waals surface area contributed by atoms with Crippen LogP contribution in [0, 0.1) is 0 Å². The van der Waals surface area contributed by atoms with Crippen molar-refractivity contribution in [1.29, 1.82) is 0 Å². The van der Waals surface area contributed by atoms with Crippen LogP contribution in [0.1, 0.15) is 0 Å². The summed E-state index contributed by atoms with van der Waals surface area (Å²) in [5, 5.41) is 7.34. The van der Waals surface area contributed by atoms with E-state index in [1.807, 2.05) is 0 Å². The molecule has 0 radical (unpaired) electrons. The first-order valence-corrected chi connectivity index (χ1v) is 7.19. The molecule has 6 nitrogen and oxygen atoms in total. The fourth-order valence-electron chi connectivity index (χ4n) is 1.29. The zero-order chi connectivity index (χ0) is 14.0. The molecular formula is C10H8Cl2N4O2S. The Morgan fingerprint density at radius 2 is 1.84 bits per heavy atom. The molecule has 19 heavy (non-hydrogen) atoms. The number of anilines is 2. The predicted molar refractivity (Wildman–Crippen MR) is 73.7 cm³/mol. The molecule has 0 aliphatic carbocycles. The van der Waals surface area contributed by atoms with Crippen molar-refractivity contribution >= 4 is 44.7 Å². The van der Waals surface area contributed by atoms with E-state index in [0.717, 1.165) is 0 Å². The monoisotopic (exact) mass is 318 g/mol. The quantitative estimate of drug-likeness (QED) is 0.845. The number of halogens is 2. The fourth-order valence-corrected chi connectivity index (χ4v) is 2.92. The van der Waals surface area contributed by atoms with E-state index in [0.29, 0.717) is 0 Å². The Balaban J connectivity index is 2.37. The number of nitrogens with two attached hydrogens (primary N) is 1. The number of rotatable bonds is 3.